The molecule has 7 atom stereocenters. The summed E-state index contributed by atoms with van der Waals surface area (Å²) >= 11 is 0. The molecule has 142 valence electrons. The zero-order chi connectivity index (χ0) is 18.5. The van der Waals surface area contributed by atoms with Gasteiger partial charge in [-0.25, -0.2) is 0 Å². The van der Waals surface area contributed by atoms with Crippen LogP contribution in [0.25, 0.3) is 0 Å². The molecule has 0 radical (unpaired) electrons. The van der Waals surface area contributed by atoms with E-state index in [1.165, 1.54) is 37.7 Å². The number of ether oxygens (including phenoxy) is 1. The second kappa shape index (κ2) is 5.07. The van der Waals surface area contributed by atoms with Crippen molar-refractivity contribution < 1.29 is 9.84 Å². The monoisotopic (exact) mass is 354 g/mol. The van der Waals surface area contributed by atoms with Gasteiger partial charge in [0.15, 0.2) is 0 Å². The summed E-state index contributed by atoms with van der Waals surface area (Å²) in [4.78, 5) is 0. The van der Waals surface area contributed by atoms with Gasteiger partial charge in [-0.15, -0.1) is 0 Å². The molecule has 3 fully saturated rings. The van der Waals surface area contributed by atoms with E-state index in [4.69, 9.17) is 4.74 Å². The molecule has 0 saturated heterocycles. The lowest BCUT2D eigenvalue weighted by Crippen LogP contribution is -2.52. The first kappa shape index (κ1) is 17.1. The molecule has 4 aliphatic carbocycles. The van der Waals surface area contributed by atoms with E-state index in [2.05, 4.69) is 45.9 Å². The third-order valence-corrected chi connectivity index (χ3v) is 9.27. The lowest BCUT2D eigenvalue weighted by Gasteiger charge is -2.57. The van der Waals surface area contributed by atoms with Crippen LogP contribution in [0.1, 0.15) is 70.4 Å². The fourth-order valence-electron chi connectivity index (χ4n) is 8.44. The molecule has 0 amide bonds. The number of hydrogen-bond acceptors (Lipinski definition) is 2. The highest BCUT2D eigenvalue weighted by Crippen LogP contribution is 2.84. The molecule has 0 aliphatic heterocycles. The summed E-state index contributed by atoms with van der Waals surface area (Å²) in [7, 11) is 1.77. The van der Waals surface area contributed by atoms with Crippen molar-refractivity contribution in [2.75, 3.05) is 7.11 Å². The number of fused-ring (bicyclic) bond motifs is 3. The van der Waals surface area contributed by atoms with E-state index in [1.54, 1.807) is 12.7 Å². The van der Waals surface area contributed by atoms with Crippen molar-refractivity contribution in [3.63, 3.8) is 0 Å². The molecule has 0 unspecified atom stereocenters. The lowest BCUT2D eigenvalue weighted by atomic mass is 9.48. The van der Waals surface area contributed by atoms with Gasteiger partial charge >= 0.3 is 0 Å². The van der Waals surface area contributed by atoms with E-state index < -0.39 is 5.60 Å². The van der Waals surface area contributed by atoms with Crippen molar-refractivity contribution in [3.05, 3.63) is 29.3 Å². The van der Waals surface area contributed by atoms with E-state index in [1.807, 2.05) is 0 Å². The highest BCUT2D eigenvalue weighted by atomic mass is 16.5. The molecular weight excluding hydrogens is 320 g/mol. The van der Waals surface area contributed by atoms with Crippen LogP contribution in [0.4, 0.5) is 0 Å². The molecular formula is C24H34O2. The summed E-state index contributed by atoms with van der Waals surface area (Å²) in [6.07, 6.45) is 6.40. The van der Waals surface area contributed by atoms with Gasteiger partial charge in [0, 0.05) is 0 Å². The van der Waals surface area contributed by atoms with Gasteiger partial charge in [-0.3, -0.25) is 0 Å². The van der Waals surface area contributed by atoms with Crippen LogP contribution < -0.4 is 4.74 Å². The zero-order valence-corrected chi connectivity index (χ0v) is 17.0. The molecule has 26 heavy (non-hydrogen) atoms. The predicted octanol–water partition coefficient (Wildman–Crippen LogP) is 5.18. The quantitative estimate of drug-likeness (QED) is 0.792. The minimum atomic E-state index is -0.550. The third-order valence-electron chi connectivity index (χ3n) is 9.27. The van der Waals surface area contributed by atoms with Gasteiger partial charge in [-0.2, -0.15) is 0 Å². The van der Waals surface area contributed by atoms with Crippen molar-refractivity contribution in [2.45, 2.75) is 71.3 Å². The molecule has 1 N–H and O–H groups in total. The maximum Gasteiger partial charge on any atom is 0.119 e. The minimum Gasteiger partial charge on any atom is -0.497 e. The van der Waals surface area contributed by atoms with Crippen molar-refractivity contribution in [3.8, 4) is 5.75 Å². The first-order chi connectivity index (χ1) is 12.2. The Morgan fingerprint density at radius 1 is 1.27 bits per heavy atom. The summed E-state index contributed by atoms with van der Waals surface area (Å²) < 4.78 is 5.49. The lowest BCUT2D eigenvalue weighted by molar-refractivity contribution is -0.100. The van der Waals surface area contributed by atoms with E-state index in [9.17, 15) is 5.11 Å². The summed E-state index contributed by atoms with van der Waals surface area (Å²) in [5.74, 6) is 4.53. The van der Waals surface area contributed by atoms with Crippen LogP contribution in [-0.4, -0.2) is 17.8 Å². The van der Waals surface area contributed by atoms with Crippen LogP contribution in [0.2, 0.25) is 0 Å². The van der Waals surface area contributed by atoms with Crippen molar-refractivity contribution in [1.82, 2.24) is 0 Å². The maximum atomic E-state index is 10.9. The van der Waals surface area contributed by atoms with Crippen molar-refractivity contribution in [2.24, 2.45) is 34.5 Å². The van der Waals surface area contributed by atoms with Gasteiger partial charge in [0.1, 0.15) is 5.75 Å². The Morgan fingerprint density at radius 3 is 2.73 bits per heavy atom. The molecule has 1 aromatic carbocycles. The zero-order valence-electron chi connectivity index (χ0n) is 17.0. The van der Waals surface area contributed by atoms with Gasteiger partial charge in [0.25, 0.3) is 0 Å². The number of rotatable bonds is 2. The fraction of sp³-hybridized carbons (Fsp3) is 0.750. The van der Waals surface area contributed by atoms with Crippen LogP contribution in [0.3, 0.4) is 0 Å². The summed E-state index contributed by atoms with van der Waals surface area (Å²) in [5.41, 5.74) is 3.37. The SMILES string of the molecule is COc1ccc2c(c1)C[C@@H](C)[C@@H]1[C@@H]2CC[C@]2(C)[C@H](C(C)(C)O)C[C@H]3C[C@@]312. The molecule has 4 aliphatic rings. The van der Waals surface area contributed by atoms with E-state index in [-0.39, 0.29) is 0 Å². The first-order valence-corrected chi connectivity index (χ1v) is 10.6. The molecule has 0 heterocycles. The van der Waals surface area contributed by atoms with Gasteiger partial charge in [0.2, 0.25) is 0 Å². The number of methoxy groups -OCH3 is 1. The van der Waals surface area contributed by atoms with Gasteiger partial charge in [-0.05, 0) is 110 Å². The molecule has 2 nitrogen and oxygen atoms in total. The highest BCUT2D eigenvalue weighted by Gasteiger charge is 2.78. The van der Waals surface area contributed by atoms with E-state index in [0.29, 0.717) is 22.7 Å². The third kappa shape index (κ3) is 1.92. The molecule has 5 rings (SSSR count). The van der Waals surface area contributed by atoms with Crippen LogP contribution in [-0.2, 0) is 6.42 Å². The Bertz CT molecular complexity index is 747. The first-order valence-electron chi connectivity index (χ1n) is 10.6. The number of aliphatic hydroxyl groups is 1. The van der Waals surface area contributed by atoms with E-state index in [0.717, 1.165) is 23.5 Å². The maximum absolute atomic E-state index is 10.9. The molecule has 0 aromatic heterocycles. The number of benzene rings is 1. The molecule has 2 heteroatoms. The van der Waals surface area contributed by atoms with Crippen molar-refractivity contribution in [1.29, 1.82) is 0 Å². The Kier molecular flexibility index (Phi) is 3.33. The normalized spacial score (nSPS) is 46.0. The van der Waals surface area contributed by atoms with Crippen molar-refractivity contribution >= 4 is 0 Å². The van der Waals surface area contributed by atoms with Crippen LogP contribution in [0.5, 0.6) is 5.75 Å². The van der Waals surface area contributed by atoms with Gasteiger partial charge in [0.05, 0.1) is 12.7 Å². The Hall–Kier alpha value is -1.02. The van der Waals surface area contributed by atoms with Crippen LogP contribution in [0.15, 0.2) is 18.2 Å². The van der Waals surface area contributed by atoms with Gasteiger partial charge < -0.3 is 9.84 Å². The topological polar surface area (TPSA) is 29.5 Å². The van der Waals surface area contributed by atoms with Crippen LogP contribution in [0, 0.1) is 34.5 Å². The summed E-state index contributed by atoms with van der Waals surface area (Å²) in [6, 6.07) is 6.80. The Balaban J connectivity index is 1.57. The summed E-state index contributed by atoms with van der Waals surface area (Å²) in [6.45, 7) is 9.14. The number of hydrogen-bond donors (Lipinski definition) is 1. The van der Waals surface area contributed by atoms with Gasteiger partial charge in [-0.1, -0.05) is 19.9 Å². The summed E-state index contributed by atoms with van der Waals surface area (Å²) in [5, 5.41) is 10.9. The predicted molar refractivity (Wildman–Crippen MR) is 104 cm³/mol. The highest BCUT2D eigenvalue weighted by molar-refractivity contribution is 5.43. The minimum absolute atomic E-state index is 0.315. The van der Waals surface area contributed by atoms with E-state index >= 15 is 0 Å². The van der Waals surface area contributed by atoms with Crippen LogP contribution >= 0.6 is 0 Å². The Morgan fingerprint density at radius 2 is 2.04 bits per heavy atom. The largest absolute Gasteiger partial charge is 0.497 e. The fourth-order valence-corrected chi connectivity index (χ4v) is 8.44. The molecule has 1 spiro atoms. The average Bonchev–Trinajstić information content (AvgIpc) is 3.23. The molecule has 3 saturated carbocycles. The Labute approximate surface area is 158 Å². The second-order valence-electron chi connectivity index (χ2n) is 10.7. The second-order valence-corrected chi connectivity index (χ2v) is 10.7. The standard InChI is InChI=1S/C24H34O2/c1-14-10-15-11-17(26-5)6-7-18(15)19-8-9-23(4)20(22(2,3)25)12-16-13-24(16,23)21(14)19/h6-7,11,14,16,19-21,25H,8-10,12-13H2,1-5H3/t14-,16+,19-,20+,21-,23-,24-/m1/s1. The molecule has 0 bridgehead atoms. The smallest absolute Gasteiger partial charge is 0.119 e. The average molecular weight is 355 g/mol. The molecule has 1 aromatic rings.